The number of amides is 1. The summed E-state index contributed by atoms with van der Waals surface area (Å²) in [6.07, 6.45) is 0. The molecule has 3 nitrogen and oxygen atoms in total. The fourth-order valence-corrected chi connectivity index (χ4v) is 2.19. The maximum Gasteiger partial charge on any atom is 0.237 e. The lowest BCUT2D eigenvalue weighted by molar-refractivity contribution is -0.129. The van der Waals surface area contributed by atoms with Crippen molar-refractivity contribution < 1.29 is 9.53 Å². The normalized spacial score (nSPS) is 10.5. The number of benzene rings is 1. The summed E-state index contributed by atoms with van der Waals surface area (Å²) >= 11 is 17.5. The molecule has 6 heteroatoms. The first-order valence-corrected chi connectivity index (χ1v) is 7.23. The average molecular weight is 325 g/mol. The molecule has 1 aromatic carbocycles. The molecular formula is C13H16Cl3NO2. The third-order valence-corrected chi connectivity index (χ3v) is 3.37. The van der Waals surface area contributed by atoms with Gasteiger partial charge < -0.3 is 9.64 Å². The van der Waals surface area contributed by atoms with E-state index in [4.69, 9.17) is 39.5 Å². The minimum Gasteiger partial charge on any atom is -0.380 e. The average Bonchev–Trinajstić information content (AvgIpc) is 2.39. The third-order valence-electron chi connectivity index (χ3n) is 2.55. The highest BCUT2D eigenvalue weighted by atomic mass is 35.5. The van der Waals surface area contributed by atoms with Crippen LogP contribution in [-0.4, -0.2) is 36.4 Å². The van der Waals surface area contributed by atoms with E-state index in [9.17, 15) is 4.79 Å². The fraction of sp³-hybridized carbons (Fsp3) is 0.462. The Morgan fingerprint density at radius 3 is 2.68 bits per heavy atom. The van der Waals surface area contributed by atoms with Gasteiger partial charge in [0.15, 0.2) is 0 Å². The van der Waals surface area contributed by atoms with Gasteiger partial charge in [-0.1, -0.05) is 29.3 Å². The number of alkyl halides is 1. The van der Waals surface area contributed by atoms with Crippen molar-refractivity contribution in [3.63, 3.8) is 0 Å². The zero-order chi connectivity index (χ0) is 14.3. The van der Waals surface area contributed by atoms with Crippen LogP contribution in [0.2, 0.25) is 10.0 Å². The van der Waals surface area contributed by atoms with Crippen LogP contribution in [0.25, 0.3) is 0 Å². The first kappa shape index (κ1) is 16.6. The van der Waals surface area contributed by atoms with Crippen molar-refractivity contribution in [1.29, 1.82) is 0 Å². The van der Waals surface area contributed by atoms with Crippen molar-refractivity contribution in [3.8, 4) is 0 Å². The number of halogens is 3. The lowest BCUT2D eigenvalue weighted by Crippen LogP contribution is -2.34. The van der Waals surface area contributed by atoms with Crippen LogP contribution < -0.4 is 0 Å². The molecule has 106 valence electrons. The van der Waals surface area contributed by atoms with Gasteiger partial charge in [0, 0.05) is 29.7 Å². The Morgan fingerprint density at radius 1 is 1.37 bits per heavy atom. The molecule has 1 amide bonds. The van der Waals surface area contributed by atoms with Crippen molar-refractivity contribution in [2.75, 3.05) is 25.6 Å². The zero-order valence-corrected chi connectivity index (χ0v) is 12.9. The zero-order valence-electron chi connectivity index (χ0n) is 10.7. The smallest absolute Gasteiger partial charge is 0.237 e. The van der Waals surface area contributed by atoms with Crippen molar-refractivity contribution in [2.45, 2.75) is 13.5 Å². The molecule has 0 saturated carbocycles. The van der Waals surface area contributed by atoms with Gasteiger partial charge in [0.2, 0.25) is 5.91 Å². The van der Waals surface area contributed by atoms with E-state index >= 15 is 0 Å². The highest BCUT2D eigenvalue weighted by Gasteiger charge is 2.14. The minimum absolute atomic E-state index is 0.0582. The van der Waals surface area contributed by atoms with Gasteiger partial charge in [-0.3, -0.25) is 4.79 Å². The van der Waals surface area contributed by atoms with Crippen molar-refractivity contribution in [3.05, 3.63) is 33.8 Å². The van der Waals surface area contributed by atoms with E-state index in [1.807, 2.05) is 6.92 Å². The molecule has 0 heterocycles. The van der Waals surface area contributed by atoms with E-state index in [0.29, 0.717) is 36.3 Å². The van der Waals surface area contributed by atoms with Gasteiger partial charge in [-0.2, -0.15) is 0 Å². The van der Waals surface area contributed by atoms with Crippen LogP contribution in [0.4, 0.5) is 0 Å². The molecule has 1 rings (SSSR count). The molecule has 0 bridgehead atoms. The van der Waals surface area contributed by atoms with Gasteiger partial charge in [-0.15, -0.1) is 11.6 Å². The quantitative estimate of drug-likeness (QED) is 0.566. The van der Waals surface area contributed by atoms with E-state index in [1.54, 1.807) is 23.1 Å². The highest BCUT2D eigenvalue weighted by Crippen LogP contribution is 2.22. The number of nitrogens with zero attached hydrogens (tertiary/aromatic N) is 1. The van der Waals surface area contributed by atoms with Crippen LogP contribution in [0.15, 0.2) is 18.2 Å². The topological polar surface area (TPSA) is 29.5 Å². The third kappa shape index (κ3) is 5.57. The van der Waals surface area contributed by atoms with Crippen molar-refractivity contribution in [2.24, 2.45) is 0 Å². The number of carbonyl (C=O) groups is 1. The second-order valence-electron chi connectivity index (χ2n) is 3.88. The number of ether oxygens (including phenoxy) is 1. The second-order valence-corrected chi connectivity index (χ2v) is 4.99. The van der Waals surface area contributed by atoms with Crippen LogP contribution in [-0.2, 0) is 16.1 Å². The summed E-state index contributed by atoms with van der Waals surface area (Å²) in [5.74, 6) is -0.204. The molecule has 0 atom stereocenters. The molecule has 1 aromatic rings. The van der Waals surface area contributed by atoms with Crippen molar-refractivity contribution >= 4 is 40.7 Å². The van der Waals surface area contributed by atoms with E-state index in [1.165, 1.54) is 0 Å². The molecule has 0 N–H and O–H groups in total. The summed E-state index contributed by atoms with van der Waals surface area (Å²) < 4.78 is 5.25. The lowest BCUT2D eigenvalue weighted by atomic mass is 10.2. The Balaban J connectivity index is 2.72. The largest absolute Gasteiger partial charge is 0.380 e. The molecule has 0 aliphatic carbocycles. The summed E-state index contributed by atoms with van der Waals surface area (Å²) in [7, 11) is 0. The van der Waals surface area contributed by atoms with Gasteiger partial charge in [0.1, 0.15) is 5.88 Å². The standard InChI is InChI=1S/C13H16Cl3NO2/c1-2-19-6-5-17(13(18)8-14)9-10-3-4-11(15)7-12(10)16/h3-4,7H,2,5-6,8-9H2,1H3. The van der Waals surface area contributed by atoms with Crippen LogP contribution in [0.5, 0.6) is 0 Å². The molecule has 19 heavy (non-hydrogen) atoms. The van der Waals surface area contributed by atoms with Gasteiger partial charge in [-0.05, 0) is 24.6 Å². The molecular weight excluding hydrogens is 309 g/mol. The van der Waals surface area contributed by atoms with Crippen LogP contribution >= 0.6 is 34.8 Å². The van der Waals surface area contributed by atoms with Gasteiger partial charge in [0.05, 0.1) is 6.61 Å². The Morgan fingerprint density at radius 2 is 2.11 bits per heavy atom. The van der Waals surface area contributed by atoms with Gasteiger partial charge >= 0.3 is 0 Å². The number of hydrogen-bond acceptors (Lipinski definition) is 2. The number of rotatable bonds is 7. The second kappa shape index (κ2) is 8.64. The molecule has 0 spiro atoms. The van der Waals surface area contributed by atoms with Gasteiger partial charge in [-0.25, -0.2) is 0 Å². The first-order chi connectivity index (χ1) is 9.08. The summed E-state index contributed by atoms with van der Waals surface area (Å²) in [5.41, 5.74) is 0.834. The molecule has 0 aromatic heterocycles. The summed E-state index contributed by atoms with van der Waals surface area (Å²) in [5, 5.41) is 1.11. The maximum absolute atomic E-state index is 11.8. The van der Waals surface area contributed by atoms with Gasteiger partial charge in [0.25, 0.3) is 0 Å². The predicted molar refractivity (Wildman–Crippen MR) is 79.1 cm³/mol. The number of carbonyl (C=O) groups excluding carboxylic acids is 1. The summed E-state index contributed by atoms with van der Waals surface area (Å²) in [6, 6.07) is 5.21. The maximum atomic E-state index is 11.8. The Kier molecular flexibility index (Phi) is 7.54. The molecule has 0 unspecified atom stereocenters. The molecule has 0 aliphatic heterocycles. The molecule has 0 fully saturated rings. The van der Waals surface area contributed by atoms with Crippen LogP contribution in [0.1, 0.15) is 12.5 Å². The van der Waals surface area contributed by atoms with E-state index in [-0.39, 0.29) is 11.8 Å². The van der Waals surface area contributed by atoms with E-state index in [2.05, 4.69) is 0 Å². The SMILES string of the molecule is CCOCCN(Cc1ccc(Cl)cc1Cl)C(=O)CCl. The highest BCUT2D eigenvalue weighted by molar-refractivity contribution is 6.35. The Labute approximate surface area is 128 Å². The molecule has 0 aliphatic rings. The summed E-state index contributed by atoms with van der Waals surface area (Å²) in [4.78, 5) is 13.4. The predicted octanol–water partition coefficient (Wildman–Crippen LogP) is 3.60. The van der Waals surface area contributed by atoms with E-state index in [0.717, 1.165) is 5.56 Å². The van der Waals surface area contributed by atoms with Crippen LogP contribution in [0.3, 0.4) is 0 Å². The van der Waals surface area contributed by atoms with E-state index < -0.39 is 0 Å². The fourth-order valence-electron chi connectivity index (χ4n) is 1.55. The number of hydrogen-bond donors (Lipinski definition) is 0. The lowest BCUT2D eigenvalue weighted by Gasteiger charge is -2.22. The minimum atomic E-state index is -0.146. The Bertz CT molecular complexity index is 426. The first-order valence-electron chi connectivity index (χ1n) is 5.94. The Hall–Kier alpha value is -0.480. The molecule has 0 radical (unpaired) electrons. The van der Waals surface area contributed by atoms with Crippen molar-refractivity contribution in [1.82, 2.24) is 4.90 Å². The molecule has 0 saturated heterocycles. The van der Waals surface area contributed by atoms with Crippen LogP contribution in [0, 0.1) is 0 Å². The monoisotopic (exact) mass is 323 g/mol. The summed E-state index contributed by atoms with van der Waals surface area (Å²) in [6.45, 7) is 3.88.